The Morgan fingerprint density at radius 1 is 1.31 bits per heavy atom. The van der Waals surface area contributed by atoms with E-state index in [4.69, 9.17) is 15.6 Å². The van der Waals surface area contributed by atoms with Gasteiger partial charge in [0.15, 0.2) is 0 Å². The third-order valence-electron chi connectivity index (χ3n) is 2.48. The van der Waals surface area contributed by atoms with Crippen LogP contribution in [-0.2, 0) is 0 Å². The fourth-order valence-corrected chi connectivity index (χ4v) is 1.24. The van der Waals surface area contributed by atoms with Gasteiger partial charge in [0.05, 0.1) is 12.1 Å². The van der Waals surface area contributed by atoms with Gasteiger partial charge in [-0.15, -0.1) is 0 Å². The van der Waals surface area contributed by atoms with Gasteiger partial charge in [0.1, 0.15) is 12.4 Å². The second-order valence-corrected chi connectivity index (χ2v) is 4.82. The van der Waals surface area contributed by atoms with Crippen molar-refractivity contribution in [2.24, 2.45) is 5.73 Å². The van der Waals surface area contributed by atoms with Gasteiger partial charge < -0.3 is 15.6 Å². The predicted octanol–water partition coefficient (Wildman–Crippen LogP) is 1.90. The zero-order chi connectivity index (χ0) is 12.2. The van der Waals surface area contributed by atoms with Crippen LogP contribution in [0.1, 0.15) is 32.3 Å². The highest BCUT2D eigenvalue weighted by atomic mass is 16.5. The molecule has 3 N–H and O–H groups in total. The van der Waals surface area contributed by atoms with Crippen LogP contribution >= 0.6 is 0 Å². The molecule has 1 atom stereocenters. The highest BCUT2D eigenvalue weighted by Gasteiger charge is 2.17. The molecule has 0 aliphatic rings. The van der Waals surface area contributed by atoms with Crippen molar-refractivity contribution in [2.45, 2.75) is 32.2 Å². The van der Waals surface area contributed by atoms with Crippen LogP contribution in [-0.4, -0.2) is 23.9 Å². The number of aliphatic hydroxyl groups excluding tert-OH is 1. The minimum Gasteiger partial charge on any atom is -0.492 e. The van der Waals surface area contributed by atoms with Crippen LogP contribution in [0.15, 0.2) is 24.3 Å². The molecule has 1 aromatic carbocycles. The van der Waals surface area contributed by atoms with Crippen molar-refractivity contribution in [3.05, 3.63) is 29.8 Å². The first-order chi connectivity index (χ1) is 7.44. The van der Waals surface area contributed by atoms with Crippen molar-refractivity contribution in [1.29, 1.82) is 0 Å². The SMILES string of the molecule is CC(C)c1ccc(OCC(C)(N)CO)cc1. The molecule has 0 radical (unpaired) electrons. The lowest BCUT2D eigenvalue weighted by Crippen LogP contribution is -2.45. The molecule has 3 nitrogen and oxygen atoms in total. The lowest BCUT2D eigenvalue weighted by atomic mass is 10.0. The van der Waals surface area contributed by atoms with E-state index < -0.39 is 5.54 Å². The molecule has 1 aromatic rings. The van der Waals surface area contributed by atoms with E-state index in [9.17, 15) is 0 Å². The first-order valence-electron chi connectivity index (χ1n) is 5.57. The highest BCUT2D eigenvalue weighted by Crippen LogP contribution is 2.19. The summed E-state index contributed by atoms with van der Waals surface area (Å²) in [6, 6.07) is 7.96. The summed E-state index contributed by atoms with van der Waals surface area (Å²) in [5.74, 6) is 1.31. The van der Waals surface area contributed by atoms with Crippen LogP contribution in [0.25, 0.3) is 0 Å². The molecule has 1 unspecified atom stereocenters. The van der Waals surface area contributed by atoms with Crippen LogP contribution in [0.3, 0.4) is 0 Å². The predicted molar refractivity (Wildman–Crippen MR) is 65.7 cm³/mol. The second-order valence-electron chi connectivity index (χ2n) is 4.82. The van der Waals surface area contributed by atoms with Crippen molar-refractivity contribution in [1.82, 2.24) is 0 Å². The number of rotatable bonds is 5. The summed E-state index contributed by atoms with van der Waals surface area (Å²) >= 11 is 0. The Balaban J connectivity index is 2.56. The van der Waals surface area contributed by atoms with Gasteiger partial charge in [0.2, 0.25) is 0 Å². The third-order valence-corrected chi connectivity index (χ3v) is 2.48. The molecule has 90 valence electrons. The van der Waals surface area contributed by atoms with Gasteiger partial charge in [-0.25, -0.2) is 0 Å². The molecular weight excluding hydrogens is 202 g/mol. The normalized spacial score (nSPS) is 14.9. The van der Waals surface area contributed by atoms with Crippen LogP contribution in [0.4, 0.5) is 0 Å². The van der Waals surface area contributed by atoms with Crippen LogP contribution in [0.5, 0.6) is 5.75 Å². The summed E-state index contributed by atoms with van der Waals surface area (Å²) in [4.78, 5) is 0. The molecule has 0 amide bonds. The van der Waals surface area contributed by atoms with Crippen molar-refractivity contribution < 1.29 is 9.84 Å². The minimum absolute atomic E-state index is 0.0862. The zero-order valence-corrected chi connectivity index (χ0v) is 10.2. The van der Waals surface area contributed by atoms with E-state index >= 15 is 0 Å². The zero-order valence-electron chi connectivity index (χ0n) is 10.2. The Kier molecular flexibility index (Phi) is 4.33. The Labute approximate surface area is 97.2 Å². The Morgan fingerprint density at radius 3 is 2.31 bits per heavy atom. The van der Waals surface area contributed by atoms with Crippen molar-refractivity contribution in [3.63, 3.8) is 0 Å². The quantitative estimate of drug-likeness (QED) is 0.801. The maximum absolute atomic E-state index is 8.98. The molecular formula is C13H21NO2. The number of hydrogen-bond acceptors (Lipinski definition) is 3. The molecule has 0 saturated heterocycles. The Morgan fingerprint density at radius 2 is 1.88 bits per heavy atom. The van der Waals surface area contributed by atoms with Crippen LogP contribution in [0, 0.1) is 0 Å². The van der Waals surface area contributed by atoms with Crippen molar-refractivity contribution >= 4 is 0 Å². The largest absolute Gasteiger partial charge is 0.492 e. The topological polar surface area (TPSA) is 55.5 Å². The molecule has 0 heterocycles. The first-order valence-corrected chi connectivity index (χ1v) is 5.57. The van der Waals surface area contributed by atoms with E-state index in [1.54, 1.807) is 6.92 Å². The van der Waals surface area contributed by atoms with Gasteiger partial charge in [0.25, 0.3) is 0 Å². The molecule has 3 heteroatoms. The molecule has 0 aliphatic heterocycles. The Bertz CT molecular complexity index is 317. The average Bonchev–Trinajstić information content (AvgIpc) is 2.27. The van der Waals surface area contributed by atoms with E-state index in [2.05, 4.69) is 13.8 Å². The van der Waals surface area contributed by atoms with Crippen LogP contribution < -0.4 is 10.5 Å². The van der Waals surface area contributed by atoms with E-state index in [-0.39, 0.29) is 6.61 Å². The van der Waals surface area contributed by atoms with E-state index in [1.807, 2.05) is 24.3 Å². The van der Waals surface area contributed by atoms with E-state index in [0.29, 0.717) is 12.5 Å². The molecule has 16 heavy (non-hydrogen) atoms. The standard InChI is InChI=1S/C13H21NO2/c1-10(2)11-4-6-12(7-5-11)16-9-13(3,14)8-15/h4-7,10,15H,8-9,14H2,1-3H3. The maximum atomic E-state index is 8.98. The lowest BCUT2D eigenvalue weighted by Gasteiger charge is -2.21. The molecule has 0 fully saturated rings. The smallest absolute Gasteiger partial charge is 0.119 e. The van der Waals surface area contributed by atoms with Crippen LogP contribution in [0.2, 0.25) is 0 Å². The van der Waals surface area contributed by atoms with Gasteiger partial charge in [-0.1, -0.05) is 26.0 Å². The summed E-state index contributed by atoms with van der Waals surface area (Å²) in [5.41, 5.74) is 6.37. The fraction of sp³-hybridized carbons (Fsp3) is 0.538. The summed E-state index contributed by atoms with van der Waals surface area (Å²) in [7, 11) is 0. The summed E-state index contributed by atoms with van der Waals surface area (Å²) in [5, 5.41) is 8.98. The van der Waals surface area contributed by atoms with Gasteiger partial charge in [0, 0.05) is 0 Å². The number of hydrogen-bond donors (Lipinski definition) is 2. The molecule has 1 rings (SSSR count). The lowest BCUT2D eigenvalue weighted by molar-refractivity contribution is 0.146. The highest BCUT2D eigenvalue weighted by molar-refractivity contribution is 5.28. The maximum Gasteiger partial charge on any atom is 0.119 e. The number of nitrogens with two attached hydrogens (primary N) is 1. The monoisotopic (exact) mass is 223 g/mol. The third kappa shape index (κ3) is 3.83. The van der Waals surface area contributed by atoms with Crippen molar-refractivity contribution in [3.8, 4) is 5.75 Å². The summed E-state index contributed by atoms with van der Waals surface area (Å²) < 4.78 is 5.51. The van der Waals surface area contributed by atoms with Gasteiger partial charge >= 0.3 is 0 Å². The first kappa shape index (κ1) is 13.0. The molecule has 0 spiro atoms. The van der Waals surface area contributed by atoms with Crippen molar-refractivity contribution in [2.75, 3.05) is 13.2 Å². The fourth-order valence-electron chi connectivity index (χ4n) is 1.24. The number of ether oxygens (including phenoxy) is 1. The van der Waals surface area contributed by atoms with E-state index in [0.717, 1.165) is 5.75 Å². The number of benzene rings is 1. The minimum atomic E-state index is -0.684. The molecule has 0 aromatic heterocycles. The molecule has 0 saturated carbocycles. The van der Waals surface area contributed by atoms with E-state index in [1.165, 1.54) is 5.56 Å². The molecule has 0 aliphatic carbocycles. The molecule has 0 bridgehead atoms. The van der Waals surface area contributed by atoms with Gasteiger partial charge in [-0.3, -0.25) is 0 Å². The van der Waals surface area contributed by atoms with Gasteiger partial charge in [-0.2, -0.15) is 0 Å². The second kappa shape index (κ2) is 5.32. The Hall–Kier alpha value is -1.06. The summed E-state index contributed by atoms with van der Waals surface area (Å²) in [6.45, 7) is 6.29. The summed E-state index contributed by atoms with van der Waals surface area (Å²) in [6.07, 6.45) is 0. The average molecular weight is 223 g/mol. The van der Waals surface area contributed by atoms with Gasteiger partial charge in [-0.05, 0) is 30.5 Å². The number of aliphatic hydroxyl groups is 1.